The third kappa shape index (κ3) is 4.09. The molecule has 3 nitrogen and oxygen atoms in total. The van der Waals surface area contributed by atoms with Crippen LogP contribution >= 0.6 is 0 Å². The Bertz CT molecular complexity index is 112. The van der Waals surface area contributed by atoms with E-state index in [2.05, 4.69) is 4.66 Å². The van der Waals surface area contributed by atoms with Crippen molar-refractivity contribution in [3.8, 4) is 0 Å². The van der Waals surface area contributed by atoms with Crippen molar-refractivity contribution in [2.75, 3.05) is 6.61 Å². The topological polar surface area (TPSA) is 38.7 Å². The van der Waals surface area contributed by atoms with E-state index in [1.165, 1.54) is 6.08 Å². The number of isocyanates is 1. The van der Waals surface area contributed by atoms with Crippen molar-refractivity contribution in [1.82, 2.24) is 0 Å². The van der Waals surface area contributed by atoms with Crippen molar-refractivity contribution in [2.45, 2.75) is 19.9 Å². The molecule has 9 heavy (non-hydrogen) atoms. The average molecular weight is 144 g/mol. The molecule has 0 saturated carbocycles. The van der Waals surface area contributed by atoms with E-state index < -0.39 is 9.20 Å². The van der Waals surface area contributed by atoms with Gasteiger partial charge in [0.2, 0.25) is 6.08 Å². The molecule has 0 aliphatic rings. The summed E-state index contributed by atoms with van der Waals surface area (Å²) < 4.78 is 8.61. The molecule has 0 aromatic heterocycles. The molecule has 0 aliphatic carbocycles. The Balaban J connectivity index is 3.53. The molecule has 1 radical (unpaired) electrons. The van der Waals surface area contributed by atoms with Gasteiger partial charge in [-0.1, -0.05) is 6.92 Å². The van der Waals surface area contributed by atoms with Gasteiger partial charge in [-0.05, 0) is 13.0 Å². The second-order valence-electron chi connectivity index (χ2n) is 1.38. The van der Waals surface area contributed by atoms with Gasteiger partial charge in [-0.15, -0.1) is 0 Å². The van der Waals surface area contributed by atoms with Gasteiger partial charge >= 0.3 is 9.20 Å². The summed E-state index contributed by atoms with van der Waals surface area (Å²) in [7, 11) is -1.18. The molecule has 51 valence electrons. The number of hydrogen-bond donors (Lipinski definition) is 0. The zero-order valence-electron chi connectivity index (χ0n) is 5.68. The molecule has 0 N–H and O–H groups in total. The highest BCUT2D eigenvalue weighted by Crippen LogP contribution is 1.92. The average Bonchev–Trinajstić information content (AvgIpc) is 1.88. The monoisotopic (exact) mass is 144 g/mol. The van der Waals surface area contributed by atoms with Crippen molar-refractivity contribution >= 4 is 15.3 Å². The molecule has 0 aliphatic heterocycles. The summed E-state index contributed by atoms with van der Waals surface area (Å²) in [5, 5.41) is 0. The smallest absolute Gasteiger partial charge is 0.374 e. The first kappa shape index (κ1) is 8.56. The minimum absolute atomic E-state index is 0.632. The van der Waals surface area contributed by atoms with Crippen LogP contribution in [0.1, 0.15) is 13.8 Å². The maximum absolute atomic E-state index is 9.70. The molecule has 0 unspecified atom stereocenters. The molecule has 4 heteroatoms. The molecule has 0 aromatic carbocycles. The van der Waals surface area contributed by atoms with Crippen molar-refractivity contribution in [1.29, 1.82) is 0 Å². The number of carbonyl (C=O) groups excluding carboxylic acids is 1. The molecule has 0 amide bonds. The molecule has 0 heterocycles. The Labute approximate surface area is 56.6 Å². The fourth-order valence-electron chi connectivity index (χ4n) is 0.431. The van der Waals surface area contributed by atoms with Crippen molar-refractivity contribution in [2.24, 2.45) is 4.66 Å². The van der Waals surface area contributed by atoms with Gasteiger partial charge in [-0.2, -0.15) is 0 Å². The lowest BCUT2D eigenvalue weighted by Gasteiger charge is -2.00. The van der Waals surface area contributed by atoms with E-state index in [1.54, 1.807) is 0 Å². The zero-order valence-corrected chi connectivity index (χ0v) is 6.68. The van der Waals surface area contributed by atoms with Crippen LogP contribution in [0, 0.1) is 0 Å². The van der Waals surface area contributed by atoms with Gasteiger partial charge in [-0.25, -0.2) is 9.45 Å². The van der Waals surface area contributed by atoms with Crippen LogP contribution in [-0.4, -0.2) is 21.9 Å². The molecular weight excluding hydrogens is 134 g/mol. The first-order valence-electron chi connectivity index (χ1n) is 2.91. The summed E-state index contributed by atoms with van der Waals surface area (Å²) >= 11 is 0. The number of hydrogen-bond acceptors (Lipinski definition) is 3. The Morgan fingerprint density at radius 3 is 2.67 bits per heavy atom. The molecule has 0 spiro atoms. The summed E-state index contributed by atoms with van der Waals surface area (Å²) in [6, 6.07) is 0.827. The highest BCUT2D eigenvalue weighted by atomic mass is 28.3. The third-order valence-corrected chi connectivity index (χ3v) is 2.35. The van der Waals surface area contributed by atoms with E-state index in [0.717, 1.165) is 6.04 Å². The minimum atomic E-state index is -1.18. The maximum atomic E-state index is 9.70. The van der Waals surface area contributed by atoms with Crippen LogP contribution in [0.15, 0.2) is 4.66 Å². The first-order chi connectivity index (χ1) is 4.35. The van der Waals surface area contributed by atoms with Crippen LogP contribution in [0.5, 0.6) is 0 Å². The van der Waals surface area contributed by atoms with Crippen molar-refractivity contribution in [3.05, 3.63) is 0 Å². The zero-order chi connectivity index (χ0) is 7.11. The summed E-state index contributed by atoms with van der Waals surface area (Å²) in [6.45, 7) is 4.47. The van der Waals surface area contributed by atoms with Gasteiger partial charge in [0.05, 0.1) is 0 Å². The van der Waals surface area contributed by atoms with Crippen LogP contribution in [0.3, 0.4) is 0 Å². The molecule has 0 bridgehead atoms. The van der Waals surface area contributed by atoms with Crippen LogP contribution in [0.4, 0.5) is 0 Å². The van der Waals surface area contributed by atoms with E-state index in [1.807, 2.05) is 13.8 Å². The Morgan fingerprint density at radius 1 is 1.67 bits per heavy atom. The van der Waals surface area contributed by atoms with Gasteiger partial charge in [0.15, 0.2) is 0 Å². The summed E-state index contributed by atoms with van der Waals surface area (Å²) in [5.74, 6) is 0. The van der Waals surface area contributed by atoms with Crippen LogP contribution in [0.2, 0.25) is 6.04 Å². The quantitative estimate of drug-likeness (QED) is 0.333. The maximum Gasteiger partial charge on any atom is 0.374 e. The van der Waals surface area contributed by atoms with Gasteiger partial charge in [0, 0.05) is 6.61 Å². The third-order valence-electron chi connectivity index (χ3n) is 0.784. The van der Waals surface area contributed by atoms with Crippen LogP contribution in [0.25, 0.3) is 0 Å². The van der Waals surface area contributed by atoms with E-state index >= 15 is 0 Å². The lowest BCUT2D eigenvalue weighted by molar-refractivity contribution is 0.343. The lowest BCUT2D eigenvalue weighted by atomic mass is 10.9. The fraction of sp³-hybridized carbons (Fsp3) is 0.800. The van der Waals surface area contributed by atoms with E-state index in [-0.39, 0.29) is 0 Å². The number of nitrogens with zero attached hydrogens (tertiary/aromatic N) is 1. The van der Waals surface area contributed by atoms with E-state index in [9.17, 15) is 4.79 Å². The van der Waals surface area contributed by atoms with Crippen LogP contribution < -0.4 is 0 Å². The van der Waals surface area contributed by atoms with E-state index in [4.69, 9.17) is 4.43 Å². The summed E-state index contributed by atoms with van der Waals surface area (Å²) in [6.07, 6.45) is 1.50. The largest absolute Gasteiger partial charge is 0.397 e. The number of rotatable bonds is 4. The van der Waals surface area contributed by atoms with Crippen LogP contribution in [-0.2, 0) is 9.22 Å². The highest BCUT2D eigenvalue weighted by molar-refractivity contribution is 6.50. The molecule has 0 rings (SSSR count). The fourth-order valence-corrected chi connectivity index (χ4v) is 1.29. The Hall–Kier alpha value is -0.443. The van der Waals surface area contributed by atoms with Gasteiger partial charge in [0.1, 0.15) is 0 Å². The van der Waals surface area contributed by atoms with E-state index in [0.29, 0.717) is 6.61 Å². The normalized spacial score (nSPS) is 9.22. The molecule has 0 fully saturated rings. The summed E-state index contributed by atoms with van der Waals surface area (Å²) in [5.41, 5.74) is 0. The molecular formula is C5H10NO2Si. The van der Waals surface area contributed by atoms with Crippen molar-refractivity contribution < 1.29 is 9.22 Å². The molecule has 0 aromatic rings. The van der Waals surface area contributed by atoms with Gasteiger partial charge in [-0.3, -0.25) is 0 Å². The SMILES string of the molecule is CCO[Si](CC)N=C=O. The second kappa shape index (κ2) is 5.69. The Morgan fingerprint density at radius 2 is 2.33 bits per heavy atom. The van der Waals surface area contributed by atoms with Gasteiger partial charge in [0.25, 0.3) is 0 Å². The molecule has 0 saturated heterocycles. The predicted octanol–water partition coefficient (Wildman–Crippen LogP) is 0.867. The van der Waals surface area contributed by atoms with Crippen molar-refractivity contribution in [3.63, 3.8) is 0 Å². The molecule has 0 atom stereocenters. The predicted molar refractivity (Wildman–Crippen MR) is 36.0 cm³/mol. The minimum Gasteiger partial charge on any atom is -0.397 e. The first-order valence-corrected chi connectivity index (χ1v) is 4.47. The summed E-state index contributed by atoms with van der Waals surface area (Å²) in [4.78, 5) is 9.70. The van der Waals surface area contributed by atoms with Gasteiger partial charge < -0.3 is 4.43 Å². The highest BCUT2D eigenvalue weighted by Gasteiger charge is 2.06. The lowest BCUT2D eigenvalue weighted by Crippen LogP contribution is -2.13. The standard InChI is InChI=1S/C5H10NO2Si/c1-3-8-9(4-2)6-5-7/h3-4H2,1-2H3. The Kier molecular flexibility index (Phi) is 5.41. The second-order valence-corrected chi connectivity index (χ2v) is 3.39.